The summed E-state index contributed by atoms with van der Waals surface area (Å²) < 4.78 is 0. The number of nitrogens with zero attached hydrogens (tertiary/aromatic N) is 2. The topological polar surface area (TPSA) is 75.1 Å². The number of nitrogens with one attached hydrogen (secondary N) is 1. The number of carbonyl (C=O) groups is 1. The van der Waals surface area contributed by atoms with Crippen LogP contribution < -0.4 is 5.32 Å². The van der Waals surface area contributed by atoms with Crippen LogP contribution in [0.1, 0.15) is 16.1 Å². The first-order valence-electron chi connectivity index (χ1n) is 5.29. The molecule has 0 saturated carbocycles. The zero-order valence-electron chi connectivity index (χ0n) is 9.47. The number of hydrogen-bond acceptors (Lipinski definition) is 5. The van der Waals surface area contributed by atoms with Gasteiger partial charge in [-0.2, -0.15) is 0 Å². The molecule has 2 heterocycles. The van der Waals surface area contributed by atoms with E-state index in [2.05, 4.69) is 15.3 Å². The van der Waals surface area contributed by atoms with Crippen LogP contribution in [0.3, 0.4) is 0 Å². The van der Waals surface area contributed by atoms with E-state index in [-0.39, 0.29) is 5.56 Å². The maximum atomic E-state index is 10.9. The van der Waals surface area contributed by atoms with Crippen molar-refractivity contribution in [1.82, 2.24) is 9.97 Å². The lowest BCUT2D eigenvalue weighted by Gasteiger charge is -2.19. The summed E-state index contributed by atoms with van der Waals surface area (Å²) in [5.74, 6) is -0.263. The fraction of sp³-hybridized carbons (Fsp3) is 0.0833. The van der Waals surface area contributed by atoms with Crippen LogP contribution in [0.5, 0.6) is 0 Å². The molecule has 2 aromatic rings. The molecule has 2 N–H and O–H groups in total. The number of fused-ring (bicyclic) bond motifs is 2. The Morgan fingerprint density at radius 1 is 1.44 bits per heavy atom. The third-order valence-electron chi connectivity index (χ3n) is 2.55. The maximum Gasteiger partial charge on any atom is 0.335 e. The van der Waals surface area contributed by atoms with Gasteiger partial charge in [-0.15, -0.1) is 0 Å². The van der Waals surface area contributed by atoms with E-state index < -0.39 is 5.97 Å². The minimum absolute atomic E-state index is 0.255. The van der Waals surface area contributed by atoms with Gasteiger partial charge in [0.2, 0.25) is 0 Å². The molecule has 0 saturated heterocycles. The van der Waals surface area contributed by atoms with Crippen LogP contribution >= 0.6 is 11.8 Å². The van der Waals surface area contributed by atoms with Crippen molar-refractivity contribution in [1.29, 1.82) is 0 Å². The van der Waals surface area contributed by atoms with E-state index in [1.54, 1.807) is 24.4 Å². The summed E-state index contributed by atoms with van der Waals surface area (Å²) >= 11 is 1.48. The van der Waals surface area contributed by atoms with Gasteiger partial charge in [-0.1, -0.05) is 11.8 Å². The largest absolute Gasteiger partial charge is 0.478 e. The number of anilines is 2. The molecule has 3 rings (SSSR count). The van der Waals surface area contributed by atoms with Crippen LogP contribution in [0.15, 0.2) is 34.3 Å². The highest BCUT2D eigenvalue weighted by molar-refractivity contribution is 7.99. The highest BCUT2D eigenvalue weighted by atomic mass is 32.2. The molecule has 18 heavy (non-hydrogen) atoms. The molecule has 0 fully saturated rings. The number of rotatable bonds is 1. The normalized spacial score (nSPS) is 12.3. The van der Waals surface area contributed by atoms with Gasteiger partial charge < -0.3 is 10.4 Å². The molecule has 0 radical (unpaired) electrons. The van der Waals surface area contributed by atoms with E-state index in [0.717, 1.165) is 21.3 Å². The molecule has 90 valence electrons. The van der Waals surface area contributed by atoms with E-state index in [4.69, 9.17) is 5.11 Å². The van der Waals surface area contributed by atoms with Gasteiger partial charge in [-0.25, -0.2) is 14.8 Å². The number of hydrogen-bond donors (Lipinski definition) is 2. The first-order chi connectivity index (χ1) is 8.63. The van der Waals surface area contributed by atoms with Crippen molar-refractivity contribution >= 4 is 29.2 Å². The van der Waals surface area contributed by atoms with Crippen LogP contribution in [0, 0.1) is 6.92 Å². The number of benzene rings is 1. The molecule has 1 aliphatic rings. The Hall–Kier alpha value is -2.08. The summed E-state index contributed by atoms with van der Waals surface area (Å²) in [6.07, 6.45) is 1.71. The Labute approximate surface area is 107 Å². The fourth-order valence-electron chi connectivity index (χ4n) is 1.70. The van der Waals surface area contributed by atoms with Crippen molar-refractivity contribution in [2.45, 2.75) is 16.8 Å². The summed E-state index contributed by atoms with van der Waals surface area (Å²) in [4.78, 5) is 20.5. The Morgan fingerprint density at radius 2 is 2.28 bits per heavy atom. The summed E-state index contributed by atoms with van der Waals surface area (Å²) in [5, 5.41) is 12.9. The van der Waals surface area contributed by atoms with E-state index in [1.165, 1.54) is 11.8 Å². The second-order valence-electron chi connectivity index (χ2n) is 3.91. The van der Waals surface area contributed by atoms with E-state index in [0.29, 0.717) is 5.82 Å². The minimum Gasteiger partial charge on any atom is -0.478 e. The highest BCUT2D eigenvalue weighted by Gasteiger charge is 2.19. The summed E-state index contributed by atoms with van der Waals surface area (Å²) in [7, 11) is 0. The lowest BCUT2D eigenvalue weighted by atomic mass is 10.2. The van der Waals surface area contributed by atoms with Gasteiger partial charge in [0.15, 0.2) is 5.82 Å². The zero-order chi connectivity index (χ0) is 12.7. The maximum absolute atomic E-state index is 10.9. The number of aryl methyl sites for hydroxylation is 1. The molecule has 1 aromatic heterocycles. The molecule has 0 atom stereocenters. The minimum atomic E-state index is -0.939. The Morgan fingerprint density at radius 3 is 3.06 bits per heavy atom. The third-order valence-corrected chi connectivity index (χ3v) is 3.61. The summed E-state index contributed by atoms with van der Waals surface area (Å²) in [6, 6.07) is 4.97. The molecule has 0 amide bonds. The monoisotopic (exact) mass is 259 g/mol. The first-order valence-corrected chi connectivity index (χ1v) is 6.11. The predicted octanol–water partition coefficient (Wildman–Crippen LogP) is 2.69. The van der Waals surface area contributed by atoms with Crippen LogP contribution in [-0.4, -0.2) is 21.0 Å². The van der Waals surface area contributed by atoms with Gasteiger partial charge in [-0.3, -0.25) is 0 Å². The van der Waals surface area contributed by atoms with E-state index in [1.807, 2.05) is 6.92 Å². The van der Waals surface area contributed by atoms with Gasteiger partial charge in [-0.05, 0) is 25.1 Å². The van der Waals surface area contributed by atoms with Crippen molar-refractivity contribution in [3.05, 3.63) is 35.7 Å². The summed E-state index contributed by atoms with van der Waals surface area (Å²) in [5.41, 5.74) is 1.83. The van der Waals surface area contributed by atoms with Gasteiger partial charge in [0.05, 0.1) is 16.9 Å². The number of carboxylic acids is 1. The average Bonchev–Trinajstić information content (AvgIpc) is 2.35. The first kappa shape index (κ1) is 11.0. The van der Waals surface area contributed by atoms with Crippen molar-refractivity contribution in [2.75, 3.05) is 5.32 Å². The Balaban J connectivity index is 2.05. The quantitative estimate of drug-likeness (QED) is 0.699. The van der Waals surface area contributed by atoms with Gasteiger partial charge in [0.1, 0.15) is 5.03 Å². The van der Waals surface area contributed by atoms with Crippen molar-refractivity contribution in [3.8, 4) is 0 Å². The molecule has 1 aliphatic heterocycles. The molecular formula is C12H9N3O2S. The van der Waals surface area contributed by atoms with Crippen LogP contribution in [0.4, 0.5) is 11.5 Å². The second kappa shape index (κ2) is 3.99. The van der Waals surface area contributed by atoms with Crippen molar-refractivity contribution in [2.24, 2.45) is 0 Å². The molecular weight excluding hydrogens is 250 g/mol. The number of aromatic carboxylic acids is 1. The molecule has 1 aromatic carbocycles. The van der Waals surface area contributed by atoms with Gasteiger partial charge in [0.25, 0.3) is 0 Å². The van der Waals surface area contributed by atoms with E-state index >= 15 is 0 Å². The standard InChI is InChI=1S/C12H9N3O2S/c1-6-5-13-11-10(14-6)15-8-4-7(12(16)17)2-3-9(8)18-11/h2-5H,1H3,(H,14,15)(H,16,17). The second-order valence-corrected chi connectivity index (χ2v) is 4.94. The molecule has 0 aliphatic carbocycles. The average molecular weight is 259 g/mol. The van der Waals surface area contributed by atoms with Crippen LogP contribution in [-0.2, 0) is 0 Å². The predicted molar refractivity (Wildman–Crippen MR) is 67.6 cm³/mol. The molecule has 0 bridgehead atoms. The van der Waals surface area contributed by atoms with Crippen molar-refractivity contribution < 1.29 is 9.90 Å². The van der Waals surface area contributed by atoms with Crippen LogP contribution in [0.25, 0.3) is 0 Å². The molecule has 0 spiro atoms. The van der Waals surface area contributed by atoms with Gasteiger partial charge >= 0.3 is 5.97 Å². The number of carboxylic acid groups (broad SMARTS) is 1. The lowest BCUT2D eigenvalue weighted by Crippen LogP contribution is -2.06. The van der Waals surface area contributed by atoms with E-state index in [9.17, 15) is 4.79 Å². The SMILES string of the molecule is Cc1cnc2c(n1)Nc1cc(C(=O)O)ccc1S2. The third kappa shape index (κ3) is 1.80. The molecule has 6 heteroatoms. The lowest BCUT2D eigenvalue weighted by molar-refractivity contribution is 0.0697. The van der Waals surface area contributed by atoms with Crippen LogP contribution in [0.2, 0.25) is 0 Å². The summed E-state index contributed by atoms with van der Waals surface area (Å²) in [6.45, 7) is 1.86. The Bertz CT molecular complexity index is 658. The molecule has 0 unspecified atom stereocenters. The smallest absolute Gasteiger partial charge is 0.335 e. The van der Waals surface area contributed by atoms with Gasteiger partial charge in [0, 0.05) is 11.1 Å². The number of aromatic nitrogens is 2. The zero-order valence-corrected chi connectivity index (χ0v) is 10.3. The molecule has 5 nitrogen and oxygen atoms in total. The fourth-order valence-corrected chi connectivity index (χ4v) is 2.57. The highest BCUT2D eigenvalue weighted by Crippen LogP contribution is 2.42. The van der Waals surface area contributed by atoms with Crippen molar-refractivity contribution in [3.63, 3.8) is 0 Å². The Kier molecular flexibility index (Phi) is 2.45.